The lowest BCUT2D eigenvalue weighted by Crippen LogP contribution is -2.30. The molecular formula is C20H16BrClN2O5. The maximum Gasteiger partial charge on any atom is 0.344 e. The number of carbonyl (C=O) groups excluding carboxylic acids is 3. The molecule has 3 amide bonds. The van der Waals surface area contributed by atoms with E-state index < -0.39 is 17.9 Å². The average molecular weight is 480 g/mol. The van der Waals surface area contributed by atoms with Crippen LogP contribution in [0.1, 0.15) is 12.5 Å². The second kappa shape index (κ2) is 9.11. The molecule has 2 aromatic carbocycles. The number of carbonyl (C=O) groups is 3. The summed E-state index contributed by atoms with van der Waals surface area (Å²) < 4.78 is 10.7. The van der Waals surface area contributed by atoms with Crippen molar-refractivity contribution in [3.63, 3.8) is 0 Å². The Morgan fingerprint density at radius 1 is 1.24 bits per heavy atom. The quantitative estimate of drug-likeness (QED) is 0.382. The molecule has 29 heavy (non-hydrogen) atoms. The van der Waals surface area contributed by atoms with Gasteiger partial charge in [0.15, 0.2) is 12.4 Å². The Balaban J connectivity index is 1.81. The summed E-state index contributed by atoms with van der Waals surface area (Å²) in [6.45, 7) is 1.67. The normalized spacial score (nSPS) is 14.9. The summed E-state index contributed by atoms with van der Waals surface area (Å²) in [5.74, 6) is -0.715. The van der Waals surface area contributed by atoms with Crippen LogP contribution in [0.25, 0.3) is 6.08 Å². The summed E-state index contributed by atoms with van der Waals surface area (Å²) >= 11 is 9.59. The van der Waals surface area contributed by atoms with Crippen LogP contribution in [0, 0.1) is 0 Å². The summed E-state index contributed by atoms with van der Waals surface area (Å²) in [4.78, 5) is 37.4. The highest BCUT2D eigenvalue weighted by Crippen LogP contribution is 2.35. The number of imide groups is 1. The van der Waals surface area contributed by atoms with Gasteiger partial charge in [0.25, 0.3) is 5.91 Å². The van der Waals surface area contributed by atoms with E-state index in [4.69, 9.17) is 21.1 Å². The Bertz CT molecular complexity index is 971. The first-order valence-corrected chi connectivity index (χ1v) is 9.77. The average Bonchev–Trinajstić information content (AvgIpc) is 2.95. The molecule has 1 saturated heterocycles. The Hall–Kier alpha value is -2.84. The van der Waals surface area contributed by atoms with Gasteiger partial charge in [0, 0.05) is 0 Å². The Kier molecular flexibility index (Phi) is 6.56. The molecule has 0 bridgehead atoms. The number of hydrogen-bond donors (Lipinski definition) is 1. The van der Waals surface area contributed by atoms with E-state index in [9.17, 15) is 14.4 Å². The number of benzene rings is 2. The van der Waals surface area contributed by atoms with Gasteiger partial charge in [0.2, 0.25) is 0 Å². The number of halogens is 2. The first kappa shape index (κ1) is 20.9. The molecule has 150 valence electrons. The zero-order chi connectivity index (χ0) is 21.0. The van der Waals surface area contributed by atoms with Gasteiger partial charge in [0.05, 0.1) is 21.8 Å². The molecule has 0 aromatic heterocycles. The van der Waals surface area contributed by atoms with Gasteiger partial charge in [-0.2, -0.15) is 0 Å². The van der Waals surface area contributed by atoms with E-state index in [1.165, 1.54) is 6.08 Å². The van der Waals surface area contributed by atoms with E-state index in [1.54, 1.807) is 49.4 Å². The monoisotopic (exact) mass is 478 g/mol. The van der Waals surface area contributed by atoms with Crippen molar-refractivity contribution in [2.45, 2.75) is 6.92 Å². The van der Waals surface area contributed by atoms with Crippen molar-refractivity contribution in [3.8, 4) is 5.75 Å². The van der Waals surface area contributed by atoms with Crippen molar-refractivity contribution in [3.05, 3.63) is 63.2 Å². The standard InChI is InChI=1S/C20H16BrClN2O5/c1-2-28-17(25)11-29-18-14(21)8-12(9-15(18)22)10-16-19(26)24(20(27)23-16)13-6-4-3-5-7-13/h3-10H,2,11H2,1H3,(H,23,27)/b16-10+. The molecule has 1 fully saturated rings. The third-order valence-electron chi connectivity index (χ3n) is 3.86. The van der Waals surface area contributed by atoms with Crippen LogP contribution in [0.4, 0.5) is 10.5 Å². The van der Waals surface area contributed by atoms with Crippen LogP contribution in [0.15, 0.2) is 52.6 Å². The van der Waals surface area contributed by atoms with E-state index in [0.717, 1.165) is 4.90 Å². The van der Waals surface area contributed by atoms with Gasteiger partial charge in [-0.1, -0.05) is 29.8 Å². The smallest absolute Gasteiger partial charge is 0.344 e. The van der Waals surface area contributed by atoms with E-state index in [2.05, 4.69) is 21.2 Å². The van der Waals surface area contributed by atoms with Crippen LogP contribution in [-0.2, 0) is 14.3 Å². The predicted octanol–water partition coefficient (Wildman–Crippen LogP) is 4.14. The van der Waals surface area contributed by atoms with Crippen LogP contribution in [0.2, 0.25) is 5.02 Å². The number of nitrogens with zero attached hydrogens (tertiary/aromatic N) is 1. The number of nitrogens with one attached hydrogen (secondary N) is 1. The van der Waals surface area contributed by atoms with Gasteiger partial charge < -0.3 is 14.8 Å². The molecule has 1 aliphatic rings. The lowest BCUT2D eigenvalue weighted by Gasteiger charge is -2.11. The predicted molar refractivity (Wildman–Crippen MR) is 112 cm³/mol. The largest absolute Gasteiger partial charge is 0.479 e. The number of rotatable bonds is 6. The molecule has 1 heterocycles. The van der Waals surface area contributed by atoms with Gasteiger partial charge in [-0.05, 0) is 58.8 Å². The van der Waals surface area contributed by atoms with Crippen molar-refractivity contribution >= 4 is 57.2 Å². The molecule has 3 rings (SSSR count). The molecule has 0 radical (unpaired) electrons. The maximum atomic E-state index is 12.7. The summed E-state index contributed by atoms with van der Waals surface area (Å²) in [7, 11) is 0. The van der Waals surface area contributed by atoms with Crippen LogP contribution < -0.4 is 15.0 Å². The number of hydrogen-bond acceptors (Lipinski definition) is 5. The number of urea groups is 1. The number of ether oxygens (including phenoxy) is 2. The van der Waals surface area contributed by atoms with Gasteiger partial charge in [0.1, 0.15) is 5.70 Å². The fraction of sp³-hybridized carbons (Fsp3) is 0.150. The van der Waals surface area contributed by atoms with Gasteiger partial charge in [-0.25, -0.2) is 14.5 Å². The highest BCUT2D eigenvalue weighted by Gasteiger charge is 2.34. The van der Waals surface area contributed by atoms with E-state index in [1.807, 2.05) is 0 Å². The van der Waals surface area contributed by atoms with Crippen molar-refractivity contribution in [2.24, 2.45) is 0 Å². The minimum atomic E-state index is -0.535. The van der Waals surface area contributed by atoms with Crippen molar-refractivity contribution in [2.75, 3.05) is 18.1 Å². The summed E-state index contributed by atoms with van der Waals surface area (Å²) in [5, 5.41) is 2.78. The lowest BCUT2D eigenvalue weighted by atomic mass is 10.1. The molecule has 0 atom stereocenters. The van der Waals surface area contributed by atoms with Crippen molar-refractivity contribution in [1.29, 1.82) is 0 Å². The van der Waals surface area contributed by atoms with Crippen LogP contribution in [-0.4, -0.2) is 31.1 Å². The number of para-hydroxylation sites is 1. The second-order valence-electron chi connectivity index (χ2n) is 5.87. The molecular weight excluding hydrogens is 464 g/mol. The highest BCUT2D eigenvalue weighted by molar-refractivity contribution is 9.10. The summed E-state index contributed by atoms with van der Waals surface area (Å²) in [6, 6.07) is 11.3. The molecule has 0 aliphatic carbocycles. The van der Waals surface area contributed by atoms with Crippen LogP contribution in [0.3, 0.4) is 0 Å². The third-order valence-corrected chi connectivity index (χ3v) is 4.73. The van der Waals surface area contributed by atoms with Crippen molar-refractivity contribution < 1.29 is 23.9 Å². The van der Waals surface area contributed by atoms with Gasteiger partial charge >= 0.3 is 12.0 Å². The highest BCUT2D eigenvalue weighted by atomic mass is 79.9. The topological polar surface area (TPSA) is 84.9 Å². The number of anilines is 1. The van der Waals surface area contributed by atoms with E-state index >= 15 is 0 Å². The Labute approximate surface area is 180 Å². The molecule has 0 saturated carbocycles. The summed E-state index contributed by atoms with van der Waals surface area (Å²) in [5.41, 5.74) is 1.14. The molecule has 0 spiro atoms. The molecule has 9 heteroatoms. The second-order valence-corrected chi connectivity index (χ2v) is 7.13. The Morgan fingerprint density at radius 2 is 1.97 bits per heavy atom. The van der Waals surface area contributed by atoms with Crippen LogP contribution >= 0.6 is 27.5 Å². The van der Waals surface area contributed by atoms with Crippen molar-refractivity contribution in [1.82, 2.24) is 5.32 Å². The fourth-order valence-corrected chi connectivity index (χ4v) is 3.64. The molecule has 1 N–H and O–H groups in total. The minimum Gasteiger partial charge on any atom is -0.479 e. The molecule has 1 aliphatic heterocycles. The maximum absolute atomic E-state index is 12.7. The van der Waals surface area contributed by atoms with Crippen LogP contribution in [0.5, 0.6) is 5.75 Å². The minimum absolute atomic E-state index is 0.113. The Morgan fingerprint density at radius 3 is 2.62 bits per heavy atom. The molecule has 0 unspecified atom stereocenters. The van der Waals surface area contributed by atoms with E-state index in [0.29, 0.717) is 15.7 Å². The first-order chi connectivity index (χ1) is 13.9. The lowest BCUT2D eigenvalue weighted by molar-refractivity contribution is -0.145. The molecule has 2 aromatic rings. The molecule has 7 nitrogen and oxygen atoms in total. The first-order valence-electron chi connectivity index (χ1n) is 8.60. The zero-order valence-corrected chi connectivity index (χ0v) is 17.6. The number of esters is 1. The number of amides is 3. The van der Waals surface area contributed by atoms with E-state index in [-0.39, 0.29) is 29.7 Å². The van der Waals surface area contributed by atoms with Gasteiger partial charge in [-0.15, -0.1) is 0 Å². The third kappa shape index (κ3) is 4.78. The SMILES string of the molecule is CCOC(=O)COc1c(Cl)cc(/C=C2/NC(=O)N(c3ccccc3)C2=O)cc1Br. The summed E-state index contributed by atoms with van der Waals surface area (Å²) in [6.07, 6.45) is 1.51. The zero-order valence-electron chi connectivity index (χ0n) is 15.3. The van der Waals surface area contributed by atoms with Gasteiger partial charge in [-0.3, -0.25) is 4.79 Å². The fourth-order valence-electron chi connectivity index (χ4n) is 2.65.